The molecule has 1 fully saturated rings. The van der Waals surface area contributed by atoms with Crippen molar-refractivity contribution in [1.82, 2.24) is 9.80 Å². The van der Waals surface area contributed by atoms with Crippen LogP contribution in [0.2, 0.25) is 0 Å². The van der Waals surface area contributed by atoms with Crippen LogP contribution in [0.5, 0.6) is 0 Å². The van der Waals surface area contributed by atoms with Gasteiger partial charge in [0.2, 0.25) is 5.91 Å². The van der Waals surface area contributed by atoms with Gasteiger partial charge in [-0.1, -0.05) is 6.92 Å². The largest absolute Gasteiger partial charge is 0.347 e. The quantitative estimate of drug-likeness (QED) is 0.569. The molecule has 0 aromatic rings. The Hall–Kier alpha value is -0.570. The lowest BCUT2D eigenvalue weighted by Crippen LogP contribution is -2.40. The molecule has 2 atom stereocenters. The monoisotopic (exact) mass is 170 g/mol. The third-order valence-corrected chi connectivity index (χ3v) is 2.48. The number of likely N-dealkylation sites (tertiary alicyclic amines) is 1. The van der Waals surface area contributed by atoms with Crippen LogP contribution < -0.4 is 0 Å². The summed E-state index contributed by atoms with van der Waals surface area (Å²) >= 11 is 0. The zero-order valence-electron chi connectivity index (χ0n) is 8.37. The van der Waals surface area contributed by atoms with Gasteiger partial charge in [0.25, 0.3) is 0 Å². The van der Waals surface area contributed by atoms with Gasteiger partial charge in [-0.3, -0.25) is 9.69 Å². The van der Waals surface area contributed by atoms with Gasteiger partial charge < -0.3 is 4.90 Å². The van der Waals surface area contributed by atoms with Gasteiger partial charge in [-0.2, -0.15) is 0 Å². The van der Waals surface area contributed by atoms with Crippen LogP contribution in [0.3, 0.4) is 0 Å². The number of carbonyl (C=O) groups excluding carboxylic acids is 1. The fourth-order valence-corrected chi connectivity index (χ4v) is 1.84. The summed E-state index contributed by atoms with van der Waals surface area (Å²) in [6, 6.07) is 0.120. The summed E-state index contributed by atoms with van der Waals surface area (Å²) in [6.45, 7) is 3.24. The second-order valence-corrected chi connectivity index (χ2v) is 4.03. The molecule has 12 heavy (non-hydrogen) atoms. The highest BCUT2D eigenvalue weighted by Crippen LogP contribution is 2.21. The predicted octanol–water partition coefficient (Wildman–Crippen LogP) is 0.415. The van der Waals surface area contributed by atoms with Crippen molar-refractivity contribution in [1.29, 1.82) is 0 Å². The molecule has 0 bridgehead atoms. The number of likely N-dealkylation sites (N-methyl/N-ethyl adjacent to an activating group) is 2. The van der Waals surface area contributed by atoms with Crippen molar-refractivity contribution in [2.24, 2.45) is 5.92 Å². The number of carbonyl (C=O) groups is 1. The summed E-state index contributed by atoms with van der Waals surface area (Å²) in [4.78, 5) is 15.4. The average molecular weight is 170 g/mol. The van der Waals surface area contributed by atoms with Gasteiger partial charge in [-0.05, 0) is 19.4 Å². The van der Waals surface area contributed by atoms with E-state index in [1.54, 1.807) is 4.90 Å². The second kappa shape index (κ2) is 3.44. The van der Waals surface area contributed by atoms with E-state index in [4.69, 9.17) is 0 Å². The Morgan fingerprint density at radius 3 is 2.42 bits per heavy atom. The van der Waals surface area contributed by atoms with E-state index in [1.807, 2.05) is 21.1 Å². The molecule has 1 aliphatic rings. The minimum Gasteiger partial charge on any atom is -0.347 e. The molecule has 3 heteroatoms. The normalized spacial score (nSPS) is 30.7. The van der Waals surface area contributed by atoms with Crippen molar-refractivity contribution < 1.29 is 4.79 Å². The topological polar surface area (TPSA) is 23.6 Å². The maximum atomic E-state index is 11.6. The van der Waals surface area contributed by atoms with Crippen molar-refractivity contribution in [2.75, 3.05) is 27.7 Å². The van der Waals surface area contributed by atoms with E-state index in [0.29, 0.717) is 5.92 Å². The van der Waals surface area contributed by atoms with Crippen LogP contribution in [0.25, 0.3) is 0 Å². The lowest BCUT2D eigenvalue weighted by atomic mass is 10.1. The molecule has 70 valence electrons. The third kappa shape index (κ3) is 1.78. The molecule has 1 saturated heterocycles. The van der Waals surface area contributed by atoms with Crippen LogP contribution in [-0.4, -0.2) is 49.4 Å². The van der Waals surface area contributed by atoms with Crippen molar-refractivity contribution in [3.05, 3.63) is 0 Å². The van der Waals surface area contributed by atoms with Gasteiger partial charge >= 0.3 is 0 Å². The summed E-state index contributed by atoms with van der Waals surface area (Å²) in [5, 5.41) is 0. The highest BCUT2D eigenvalue weighted by molar-refractivity contribution is 5.81. The van der Waals surface area contributed by atoms with Gasteiger partial charge in [0.05, 0.1) is 6.04 Å². The van der Waals surface area contributed by atoms with Crippen LogP contribution in [0.4, 0.5) is 0 Å². The molecule has 0 saturated carbocycles. The fourth-order valence-electron chi connectivity index (χ4n) is 1.84. The van der Waals surface area contributed by atoms with Crippen molar-refractivity contribution in [3.8, 4) is 0 Å². The fraction of sp³-hybridized carbons (Fsp3) is 0.889. The molecule has 0 spiro atoms. The molecular weight excluding hydrogens is 152 g/mol. The SMILES string of the molecule is CC1C[C@@H](C(=O)N(C)C)N(C)C1. The Balaban J connectivity index is 2.58. The molecule has 1 unspecified atom stereocenters. The summed E-state index contributed by atoms with van der Waals surface area (Å²) in [6.07, 6.45) is 1.01. The first-order valence-electron chi connectivity index (χ1n) is 4.43. The summed E-state index contributed by atoms with van der Waals surface area (Å²) in [5.74, 6) is 0.894. The number of hydrogen-bond acceptors (Lipinski definition) is 2. The molecular formula is C9H18N2O. The molecule has 1 rings (SSSR count). The lowest BCUT2D eigenvalue weighted by Gasteiger charge is -2.21. The zero-order chi connectivity index (χ0) is 9.30. The van der Waals surface area contributed by atoms with E-state index in [-0.39, 0.29) is 11.9 Å². The van der Waals surface area contributed by atoms with Gasteiger partial charge in [0.1, 0.15) is 0 Å². The lowest BCUT2D eigenvalue weighted by molar-refractivity contribution is -0.132. The maximum absolute atomic E-state index is 11.6. The maximum Gasteiger partial charge on any atom is 0.239 e. The Labute approximate surface area is 74.3 Å². The molecule has 1 amide bonds. The van der Waals surface area contributed by atoms with E-state index in [1.165, 1.54) is 0 Å². The third-order valence-electron chi connectivity index (χ3n) is 2.48. The first kappa shape index (κ1) is 9.52. The van der Waals surface area contributed by atoms with Crippen LogP contribution in [0, 0.1) is 5.92 Å². The number of nitrogens with zero attached hydrogens (tertiary/aromatic N) is 2. The second-order valence-electron chi connectivity index (χ2n) is 4.03. The van der Waals surface area contributed by atoms with Gasteiger partial charge in [0.15, 0.2) is 0 Å². The molecule has 1 aliphatic heterocycles. The van der Waals surface area contributed by atoms with E-state index < -0.39 is 0 Å². The van der Waals surface area contributed by atoms with Gasteiger partial charge in [0, 0.05) is 20.6 Å². The van der Waals surface area contributed by atoms with E-state index in [9.17, 15) is 4.79 Å². The molecule has 0 aromatic carbocycles. The Morgan fingerprint density at radius 2 is 2.08 bits per heavy atom. The van der Waals surface area contributed by atoms with E-state index >= 15 is 0 Å². The predicted molar refractivity (Wildman–Crippen MR) is 48.9 cm³/mol. The van der Waals surface area contributed by atoms with Crippen LogP contribution >= 0.6 is 0 Å². The Kier molecular flexibility index (Phi) is 2.73. The van der Waals surface area contributed by atoms with Crippen LogP contribution in [0.1, 0.15) is 13.3 Å². The Morgan fingerprint density at radius 1 is 1.50 bits per heavy atom. The highest BCUT2D eigenvalue weighted by atomic mass is 16.2. The summed E-state index contributed by atoms with van der Waals surface area (Å²) in [5.41, 5.74) is 0. The van der Waals surface area contributed by atoms with Crippen LogP contribution in [-0.2, 0) is 4.79 Å². The highest BCUT2D eigenvalue weighted by Gasteiger charge is 2.32. The molecule has 0 radical (unpaired) electrons. The van der Waals surface area contributed by atoms with Gasteiger partial charge in [-0.15, -0.1) is 0 Å². The standard InChI is InChI=1S/C9H18N2O/c1-7-5-8(11(4)6-7)9(12)10(2)3/h7-8H,5-6H2,1-4H3/t7?,8-/m0/s1. The molecule has 3 nitrogen and oxygen atoms in total. The average Bonchev–Trinajstić information content (AvgIpc) is 2.28. The molecule has 0 N–H and O–H groups in total. The summed E-state index contributed by atoms with van der Waals surface area (Å²) < 4.78 is 0. The first-order valence-corrected chi connectivity index (χ1v) is 4.43. The summed E-state index contributed by atoms with van der Waals surface area (Å²) in [7, 11) is 5.66. The Bertz CT molecular complexity index is 179. The van der Waals surface area contributed by atoms with Crippen LogP contribution in [0.15, 0.2) is 0 Å². The van der Waals surface area contributed by atoms with E-state index in [2.05, 4.69) is 11.8 Å². The van der Waals surface area contributed by atoms with Gasteiger partial charge in [-0.25, -0.2) is 0 Å². The number of rotatable bonds is 1. The molecule has 1 heterocycles. The first-order chi connectivity index (χ1) is 5.52. The number of hydrogen-bond donors (Lipinski definition) is 0. The van der Waals surface area contributed by atoms with Crippen molar-refractivity contribution >= 4 is 5.91 Å². The van der Waals surface area contributed by atoms with Crippen molar-refractivity contribution in [3.63, 3.8) is 0 Å². The van der Waals surface area contributed by atoms with E-state index in [0.717, 1.165) is 13.0 Å². The minimum absolute atomic E-state index is 0.120. The smallest absolute Gasteiger partial charge is 0.239 e. The molecule has 0 aromatic heterocycles. The number of amides is 1. The van der Waals surface area contributed by atoms with Crippen molar-refractivity contribution in [2.45, 2.75) is 19.4 Å². The zero-order valence-corrected chi connectivity index (χ0v) is 8.37. The minimum atomic E-state index is 0.120. The molecule has 0 aliphatic carbocycles.